The van der Waals surface area contributed by atoms with E-state index >= 15 is 0 Å². The first-order valence-electron chi connectivity index (χ1n) is 4.17. The largest absolute Gasteiger partial charge is 0.437 e. The molecule has 1 rings (SSSR count). The van der Waals surface area contributed by atoms with Crippen LogP contribution in [-0.2, 0) is 15.3 Å². The molecule has 73 valence electrons. The van der Waals surface area contributed by atoms with Crippen LogP contribution >= 0.6 is 0 Å². The molecule has 0 saturated carbocycles. The molecule has 3 nitrogen and oxygen atoms in total. The van der Waals surface area contributed by atoms with E-state index in [1.54, 1.807) is 31.2 Å². The zero-order valence-electron chi connectivity index (χ0n) is 7.99. The van der Waals surface area contributed by atoms with E-state index in [0.717, 1.165) is 6.08 Å². The second-order valence-electron chi connectivity index (χ2n) is 3.02. The molecule has 0 spiro atoms. The van der Waals surface area contributed by atoms with Crippen molar-refractivity contribution >= 4 is 5.97 Å². The van der Waals surface area contributed by atoms with Crippen LogP contribution in [0.25, 0.3) is 0 Å². The number of carbonyl (C=O) groups is 1. The van der Waals surface area contributed by atoms with Crippen molar-refractivity contribution in [3.63, 3.8) is 0 Å². The summed E-state index contributed by atoms with van der Waals surface area (Å²) in [5, 5.41) is 0. The van der Waals surface area contributed by atoms with Crippen LogP contribution < -0.4 is 5.73 Å². The van der Waals surface area contributed by atoms with Crippen molar-refractivity contribution in [3.05, 3.63) is 48.6 Å². The van der Waals surface area contributed by atoms with Crippen LogP contribution in [0.1, 0.15) is 12.5 Å². The quantitative estimate of drug-likeness (QED) is 0.444. The molecule has 0 aromatic heterocycles. The highest BCUT2D eigenvalue weighted by atomic mass is 16.6. The number of rotatable bonds is 3. The maximum atomic E-state index is 11.0. The van der Waals surface area contributed by atoms with Crippen molar-refractivity contribution < 1.29 is 9.53 Å². The van der Waals surface area contributed by atoms with Gasteiger partial charge in [-0.05, 0) is 13.0 Å². The second-order valence-corrected chi connectivity index (χ2v) is 3.02. The second kappa shape index (κ2) is 4.07. The van der Waals surface area contributed by atoms with Crippen LogP contribution in [0.3, 0.4) is 0 Å². The van der Waals surface area contributed by atoms with E-state index in [1.165, 1.54) is 0 Å². The number of esters is 1. The molecule has 1 atom stereocenters. The van der Waals surface area contributed by atoms with Gasteiger partial charge in [0.15, 0.2) is 5.72 Å². The maximum Gasteiger partial charge on any atom is 0.332 e. The smallest absolute Gasteiger partial charge is 0.332 e. The van der Waals surface area contributed by atoms with Gasteiger partial charge in [0.05, 0.1) is 0 Å². The molecule has 1 unspecified atom stereocenters. The number of hydrogen-bond donors (Lipinski definition) is 1. The Balaban J connectivity index is 2.85. The van der Waals surface area contributed by atoms with E-state index in [1.807, 2.05) is 0 Å². The number of hydrogen-bond acceptors (Lipinski definition) is 3. The Morgan fingerprint density at radius 3 is 2.71 bits per heavy atom. The first-order chi connectivity index (χ1) is 6.56. The van der Waals surface area contributed by atoms with Gasteiger partial charge < -0.3 is 4.74 Å². The van der Waals surface area contributed by atoms with Crippen LogP contribution in [0.5, 0.6) is 0 Å². The highest BCUT2D eigenvalue weighted by Gasteiger charge is 2.24. The SMILES string of the molecule is C=CC(=O)OC(C)(N)c1cc[c]cc1. The minimum Gasteiger partial charge on any atom is -0.437 e. The van der Waals surface area contributed by atoms with Gasteiger partial charge in [0.2, 0.25) is 0 Å². The maximum absolute atomic E-state index is 11.0. The molecule has 3 heteroatoms. The van der Waals surface area contributed by atoms with E-state index in [2.05, 4.69) is 12.6 Å². The van der Waals surface area contributed by atoms with E-state index < -0.39 is 11.7 Å². The van der Waals surface area contributed by atoms with Crippen molar-refractivity contribution in [3.8, 4) is 0 Å². The van der Waals surface area contributed by atoms with Gasteiger partial charge in [0, 0.05) is 11.6 Å². The van der Waals surface area contributed by atoms with E-state index in [0.29, 0.717) is 5.56 Å². The number of carbonyl (C=O) groups excluding carboxylic acids is 1. The van der Waals surface area contributed by atoms with Gasteiger partial charge in [0.1, 0.15) is 0 Å². The fourth-order valence-corrected chi connectivity index (χ4v) is 1.03. The number of ether oxygens (including phenoxy) is 1. The Morgan fingerprint density at radius 2 is 2.21 bits per heavy atom. The lowest BCUT2D eigenvalue weighted by atomic mass is 10.1. The third-order valence-electron chi connectivity index (χ3n) is 1.77. The highest BCUT2D eigenvalue weighted by Crippen LogP contribution is 2.18. The molecule has 0 bridgehead atoms. The van der Waals surface area contributed by atoms with Gasteiger partial charge in [-0.1, -0.05) is 30.8 Å². The topological polar surface area (TPSA) is 52.3 Å². The summed E-state index contributed by atoms with van der Waals surface area (Å²) in [6, 6.07) is 9.77. The van der Waals surface area contributed by atoms with Crippen molar-refractivity contribution in [1.82, 2.24) is 0 Å². The summed E-state index contributed by atoms with van der Waals surface area (Å²) >= 11 is 0. The molecule has 14 heavy (non-hydrogen) atoms. The molecule has 0 aliphatic carbocycles. The van der Waals surface area contributed by atoms with Gasteiger partial charge in [0.25, 0.3) is 0 Å². The molecule has 0 fully saturated rings. The van der Waals surface area contributed by atoms with E-state index in [9.17, 15) is 4.79 Å². The van der Waals surface area contributed by atoms with E-state index in [4.69, 9.17) is 10.5 Å². The fourth-order valence-electron chi connectivity index (χ4n) is 1.03. The summed E-state index contributed by atoms with van der Waals surface area (Å²) in [7, 11) is 0. The first kappa shape index (κ1) is 10.5. The zero-order chi connectivity index (χ0) is 10.6. The lowest BCUT2D eigenvalue weighted by Crippen LogP contribution is -2.37. The Kier molecular flexibility index (Phi) is 3.04. The zero-order valence-corrected chi connectivity index (χ0v) is 7.99. The first-order valence-corrected chi connectivity index (χ1v) is 4.17. The van der Waals surface area contributed by atoms with Gasteiger partial charge in [-0.3, -0.25) is 5.73 Å². The van der Waals surface area contributed by atoms with Gasteiger partial charge in [-0.25, -0.2) is 4.79 Å². The van der Waals surface area contributed by atoms with Crippen molar-refractivity contribution in [2.24, 2.45) is 5.73 Å². The van der Waals surface area contributed by atoms with Crippen molar-refractivity contribution in [2.75, 3.05) is 0 Å². The Labute approximate surface area is 83.2 Å². The molecule has 1 aromatic carbocycles. The van der Waals surface area contributed by atoms with Crippen molar-refractivity contribution in [2.45, 2.75) is 12.6 Å². The molecule has 2 N–H and O–H groups in total. The molecule has 0 saturated heterocycles. The summed E-state index contributed by atoms with van der Waals surface area (Å²) < 4.78 is 4.98. The number of nitrogens with two attached hydrogens (primary N) is 1. The molecule has 0 amide bonds. The molecule has 0 aliphatic rings. The van der Waals surface area contributed by atoms with Crippen LogP contribution in [-0.4, -0.2) is 5.97 Å². The van der Waals surface area contributed by atoms with E-state index in [-0.39, 0.29) is 0 Å². The molecule has 1 aromatic rings. The summed E-state index contributed by atoms with van der Waals surface area (Å²) in [5.41, 5.74) is 5.40. The summed E-state index contributed by atoms with van der Waals surface area (Å²) in [4.78, 5) is 11.0. The highest BCUT2D eigenvalue weighted by molar-refractivity contribution is 5.81. The summed E-state index contributed by atoms with van der Waals surface area (Å²) in [5.74, 6) is -0.539. The normalized spacial score (nSPS) is 14.1. The minimum absolute atomic E-state index is 0.539. The van der Waals surface area contributed by atoms with Crippen molar-refractivity contribution in [1.29, 1.82) is 0 Å². The predicted molar refractivity (Wildman–Crippen MR) is 53.1 cm³/mol. The van der Waals surface area contributed by atoms with Crippen LogP contribution in [0.2, 0.25) is 0 Å². The van der Waals surface area contributed by atoms with Crippen LogP contribution in [0.15, 0.2) is 36.9 Å². The number of benzene rings is 1. The summed E-state index contributed by atoms with van der Waals surface area (Å²) in [6.07, 6.45) is 1.08. The van der Waals surface area contributed by atoms with Gasteiger partial charge in [-0.15, -0.1) is 0 Å². The molecular formula is C11H12NO2. The monoisotopic (exact) mass is 190 g/mol. The standard InChI is InChI=1S/C11H12NO2/c1-3-10(13)14-11(2,12)9-7-5-4-6-8-9/h3,5-8H,1,12H2,2H3. The molecule has 0 heterocycles. The third kappa shape index (κ3) is 2.44. The van der Waals surface area contributed by atoms with Gasteiger partial charge in [-0.2, -0.15) is 0 Å². The lowest BCUT2D eigenvalue weighted by molar-refractivity contribution is -0.152. The Bertz CT molecular complexity index is 330. The molecule has 0 aliphatic heterocycles. The average Bonchev–Trinajstić information content (AvgIpc) is 2.18. The predicted octanol–water partition coefficient (Wildman–Crippen LogP) is 1.35. The molecule has 1 radical (unpaired) electrons. The van der Waals surface area contributed by atoms with Gasteiger partial charge >= 0.3 is 5.97 Å². The average molecular weight is 190 g/mol. The third-order valence-corrected chi connectivity index (χ3v) is 1.77. The molecular weight excluding hydrogens is 178 g/mol. The Morgan fingerprint density at radius 1 is 1.64 bits per heavy atom. The lowest BCUT2D eigenvalue weighted by Gasteiger charge is -2.24. The fraction of sp³-hybridized carbons (Fsp3) is 0.182. The van der Waals surface area contributed by atoms with Crippen LogP contribution in [0, 0.1) is 6.07 Å². The Hall–Kier alpha value is -1.61. The minimum atomic E-state index is -1.12. The summed E-state index contributed by atoms with van der Waals surface area (Å²) in [6.45, 7) is 4.92. The van der Waals surface area contributed by atoms with Crippen LogP contribution in [0.4, 0.5) is 0 Å².